The summed E-state index contributed by atoms with van der Waals surface area (Å²) in [6, 6.07) is 16.9. The summed E-state index contributed by atoms with van der Waals surface area (Å²) in [6.45, 7) is 1.20. The molecule has 0 spiro atoms. The molecule has 5 nitrogen and oxygen atoms in total. The lowest BCUT2D eigenvalue weighted by atomic mass is 9.84. The van der Waals surface area contributed by atoms with E-state index in [2.05, 4.69) is 27.8 Å². The summed E-state index contributed by atoms with van der Waals surface area (Å²) < 4.78 is 22.4. The number of benzene rings is 2. The zero-order valence-corrected chi connectivity index (χ0v) is 20.8. The second-order valence-corrected chi connectivity index (χ2v) is 9.63. The van der Waals surface area contributed by atoms with E-state index in [1.165, 1.54) is 6.07 Å². The monoisotopic (exact) mass is 498 g/mol. The Kier molecular flexibility index (Phi) is 7.64. The molecule has 4 aromatic rings. The first-order chi connectivity index (χ1) is 18.1. The highest BCUT2D eigenvalue weighted by molar-refractivity contribution is 5.86. The molecular formula is C31H31FN2O3. The number of hydrogen-bond donors (Lipinski definition) is 1. The summed E-state index contributed by atoms with van der Waals surface area (Å²) in [6.07, 6.45) is 12.3. The van der Waals surface area contributed by atoms with Crippen LogP contribution in [0, 0.1) is 5.82 Å². The lowest BCUT2D eigenvalue weighted by Crippen LogP contribution is -2.17. The van der Waals surface area contributed by atoms with E-state index in [0.717, 1.165) is 71.1 Å². The number of aliphatic carboxylic acids is 1. The fraction of sp³-hybridized carbons (Fsp3) is 0.290. The number of carbonyl (C=O) groups is 1. The first kappa shape index (κ1) is 24.8. The van der Waals surface area contributed by atoms with E-state index in [1.807, 2.05) is 42.6 Å². The summed E-state index contributed by atoms with van der Waals surface area (Å²) in [7, 11) is 0. The van der Waals surface area contributed by atoms with Gasteiger partial charge >= 0.3 is 5.97 Å². The quantitative estimate of drug-likeness (QED) is 0.239. The number of pyridine rings is 1. The van der Waals surface area contributed by atoms with Crippen molar-refractivity contribution in [3.8, 4) is 5.75 Å². The molecule has 2 aromatic carbocycles. The molecular weight excluding hydrogens is 467 g/mol. The van der Waals surface area contributed by atoms with Crippen LogP contribution in [0.15, 0.2) is 73.1 Å². The Hall–Kier alpha value is -3.93. The second-order valence-electron chi connectivity index (χ2n) is 9.63. The SMILES string of the molecule is O=C(O)CC1CCCc2c1n(Cc1cccc(OCCC/C=C\c3cccnc3)c1)c1ccc(F)cc21. The van der Waals surface area contributed by atoms with Crippen LogP contribution in [0.2, 0.25) is 0 Å². The maximum atomic E-state index is 14.2. The molecule has 1 unspecified atom stereocenters. The smallest absolute Gasteiger partial charge is 0.304 e. The normalized spacial score (nSPS) is 15.2. The number of hydrogen-bond acceptors (Lipinski definition) is 3. The Morgan fingerprint density at radius 3 is 2.95 bits per heavy atom. The van der Waals surface area contributed by atoms with Gasteiger partial charge in [-0.25, -0.2) is 4.39 Å². The molecule has 1 aliphatic carbocycles. The Morgan fingerprint density at radius 2 is 2.11 bits per heavy atom. The van der Waals surface area contributed by atoms with Crippen molar-refractivity contribution in [2.45, 2.75) is 51.0 Å². The molecule has 1 N–H and O–H groups in total. The van der Waals surface area contributed by atoms with Crippen molar-refractivity contribution in [2.24, 2.45) is 0 Å². The van der Waals surface area contributed by atoms with Crippen molar-refractivity contribution in [1.29, 1.82) is 0 Å². The van der Waals surface area contributed by atoms with Crippen molar-refractivity contribution in [2.75, 3.05) is 6.61 Å². The zero-order valence-electron chi connectivity index (χ0n) is 20.8. The average molecular weight is 499 g/mol. The molecule has 0 aliphatic heterocycles. The van der Waals surface area contributed by atoms with Crippen molar-refractivity contribution in [3.63, 3.8) is 0 Å². The molecule has 190 valence electrons. The lowest BCUT2D eigenvalue weighted by Gasteiger charge is -2.25. The van der Waals surface area contributed by atoms with Crippen LogP contribution >= 0.6 is 0 Å². The molecule has 5 rings (SSSR count). The van der Waals surface area contributed by atoms with Gasteiger partial charge in [0.05, 0.1) is 13.0 Å². The Labute approximate surface area is 216 Å². The van der Waals surface area contributed by atoms with Gasteiger partial charge in [-0.15, -0.1) is 0 Å². The van der Waals surface area contributed by atoms with Crippen LogP contribution in [0.4, 0.5) is 4.39 Å². The van der Waals surface area contributed by atoms with Crippen LogP contribution in [-0.2, 0) is 17.8 Å². The minimum absolute atomic E-state index is 0.0733. The number of carboxylic acid groups (broad SMARTS) is 1. The highest BCUT2D eigenvalue weighted by atomic mass is 19.1. The van der Waals surface area contributed by atoms with Gasteiger partial charge < -0.3 is 14.4 Å². The number of halogens is 1. The molecule has 0 bridgehead atoms. The molecule has 6 heteroatoms. The second kappa shape index (κ2) is 11.4. The summed E-state index contributed by atoms with van der Waals surface area (Å²) in [5.74, 6) is -0.326. The Balaban J connectivity index is 1.31. The maximum Gasteiger partial charge on any atom is 0.304 e. The van der Waals surface area contributed by atoms with Crippen LogP contribution in [0.5, 0.6) is 5.75 Å². The minimum Gasteiger partial charge on any atom is -0.494 e. The number of rotatable bonds is 10. The topological polar surface area (TPSA) is 64.3 Å². The highest BCUT2D eigenvalue weighted by Gasteiger charge is 2.29. The van der Waals surface area contributed by atoms with Crippen LogP contribution < -0.4 is 4.74 Å². The number of nitrogens with zero attached hydrogens (tertiary/aromatic N) is 2. The molecule has 0 amide bonds. The first-order valence-corrected chi connectivity index (χ1v) is 12.9. The van der Waals surface area contributed by atoms with Crippen LogP contribution in [0.3, 0.4) is 0 Å². The number of aromatic nitrogens is 2. The van der Waals surface area contributed by atoms with Crippen LogP contribution in [0.25, 0.3) is 17.0 Å². The van der Waals surface area contributed by atoms with Gasteiger partial charge in [-0.2, -0.15) is 0 Å². The van der Waals surface area contributed by atoms with Gasteiger partial charge in [-0.3, -0.25) is 9.78 Å². The maximum absolute atomic E-state index is 14.2. The van der Waals surface area contributed by atoms with E-state index >= 15 is 0 Å². The van der Waals surface area contributed by atoms with Crippen LogP contribution in [-0.4, -0.2) is 27.2 Å². The van der Waals surface area contributed by atoms with Crippen molar-refractivity contribution in [1.82, 2.24) is 9.55 Å². The van der Waals surface area contributed by atoms with E-state index in [1.54, 1.807) is 12.3 Å². The molecule has 0 saturated carbocycles. The lowest BCUT2D eigenvalue weighted by molar-refractivity contribution is -0.137. The third-order valence-electron chi connectivity index (χ3n) is 6.98. The van der Waals surface area contributed by atoms with Gasteiger partial charge in [0, 0.05) is 41.5 Å². The average Bonchev–Trinajstić information content (AvgIpc) is 3.20. The molecule has 2 aromatic heterocycles. The standard InChI is InChI=1S/C31H31FN2O3/c32-25-13-14-29-28(19-25)27-12-5-10-24(18-30(35)36)31(27)34(29)21-23-8-4-11-26(17-23)37-16-3-1-2-7-22-9-6-15-33-20-22/h2,4,6-9,11,13-15,17,19-20,24H,1,3,5,10,12,16,18,21H2,(H,35,36)/b7-2-. The summed E-state index contributed by atoms with van der Waals surface area (Å²) in [5.41, 5.74) is 5.25. The van der Waals surface area contributed by atoms with E-state index < -0.39 is 5.97 Å². The number of allylic oxidation sites excluding steroid dienone is 1. The molecule has 37 heavy (non-hydrogen) atoms. The largest absolute Gasteiger partial charge is 0.494 e. The minimum atomic E-state index is -0.800. The van der Waals surface area contributed by atoms with Gasteiger partial charge in [0.1, 0.15) is 11.6 Å². The number of fused-ring (bicyclic) bond motifs is 3. The fourth-order valence-electron chi connectivity index (χ4n) is 5.39. The molecule has 0 fully saturated rings. The third-order valence-corrected chi connectivity index (χ3v) is 6.98. The number of unbranched alkanes of at least 4 members (excludes halogenated alkanes) is 1. The van der Waals surface area contributed by atoms with E-state index in [0.29, 0.717) is 13.2 Å². The first-order valence-electron chi connectivity index (χ1n) is 12.9. The van der Waals surface area contributed by atoms with E-state index in [-0.39, 0.29) is 18.2 Å². The summed E-state index contributed by atoms with van der Waals surface area (Å²) >= 11 is 0. The van der Waals surface area contributed by atoms with E-state index in [4.69, 9.17) is 4.74 Å². The third kappa shape index (κ3) is 5.91. The number of carboxylic acids is 1. The zero-order chi connectivity index (χ0) is 25.6. The summed E-state index contributed by atoms with van der Waals surface area (Å²) in [4.78, 5) is 15.7. The molecule has 2 heterocycles. The molecule has 1 atom stereocenters. The predicted molar refractivity (Wildman–Crippen MR) is 143 cm³/mol. The predicted octanol–water partition coefficient (Wildman–Crippen LogP) is 6.99. The van der Waals surface area contributed by atoms with Gasteiger partial charge in [0.25, 0.3) is 0 Å². The van der Waals surface area contributed by atoms with E-state index in [9.17, 15) is 14.3 Å². The fourth-order valence-corrected chi connectivity index (χ4v) is 5.39. The van der Waals surface area contributed by atoms with Gasteiger partial charge in [0.15, 0.2) is 0 Å². The molecule has 1 aliphatic rings. The summed E-state index contributed by atoms with van der Waals surface area (Å²) in [5, 5.41) is 10.4. The number of aryl methyl sites for hydroxylation is 1. The molecule has 0 radical (unpaired) electrons. The van der Waals surface area contributed by atoms with Crippen molar-refractivity contribution < 1.29 is 19.0 Å². The Morgan fingerprint density at radius 1 is 1.19 bits per heavy atom. The molecule has 0 saturated heterocycles. The number of ether oxygens (including phenoxy) is 1. The Bertz CT molecular complexity index is 1410. The van der Waals surface area contributed by atoms with Gasteiger partial charge in [0.2, 0.25) is 0 Å². The van der Waals surface area contributed by atoms with Gasteiger partial charge in [-0.1, -0.05) is 30.4 Å². The highest BCUT2D eigenvalue weighted by Crippen LogP contribution is 2.41. The van der Waals surface area contributed by atoms with Crippen LogP contribution in [0.1, 0.15) is 60.4 Å². The van der Waals surface area contributed by atoms with Crippen molar-refractivity contribution in [3.05, 3.63) is 101 Å². The van der Waals surface area contributed by atoms with Crippen molar-refractivity contribution >= 4 is 22.9 Å². The van der Waals surface area contributed by atoms with Gasteiger partial charge in [-0.05, 0) is 85.2 Å².